The molecule has 0 spiro atoms. The van der Waals surface area contributed by atoms with E-state index in [1.54, 1.807) is 14.2 Å². The van der Waals surface area contributed by atoms with Gasteiger partial charge in [-0.3, -0.25) is 15.6 Å². The molecule has 7 heteroatoms. The van der Waals surface area contributed by atoms with Crippen LogP contribution in [0.4, 0.5) is 11.4 Å². The second kappa shape index (κ2) is 8.08. The summed E-state index contributed by atoms with van der Waals surface area (Å²) in [6.07, 6.45) is 0.747. The first-order valence-corrected chi connectivity index (χ1v) is 9.54. The highest BCUT2D eigenvalue weighted by Gasteiger charge is 2.32. The molecule has 2 aliphatic rings. The Balaban J connectivity index is 1.45. The lowest BCUT2D eigenvalue weighted by atomic mass is 10.00. The van der Waals surface area contributed by atoms with Crippen LogP contribution < -0.4 is 30.5 Å². The molecular weight excluding hydrogens is 356 g/mol. The standard InChI is InChI=1S/C21H26N4O3/c1-27-18-9-16(10-19(11-18)28-2)24-20-7-8-25(21(20)26)17-5-3-14(4-6-17)15-12-22-23-13-15/h3-6,9-11,15,20,22-24H,7-8,12-13H2,1-2H3. The first kappa shape index (κ1) is 18.6. The van der Waals surface area contributed by atoms with Crippen molar-refractivity contribution in [2.75, 3.05) is 44.1 Å². The van der Waals surface area contributed by atoms with Crippen molar-refractivity contribution < 1.29 is 14.3 Å². The minimum atomic E-state index is -0.264. The first-order valence-electron chi connectivity index (χ1n) is 9.54. The fraction of sp³-hybridized carbons (Fsp3) is 0.381. The van der Waals surface area contributed by atoms with Gasteiger partial charge in [-0.1, -0.05) is 12.1 Å². The number of methoxy groups -OCH3 is 2. The molecular formula is C21H26N4O3. The summed E-state index contributed by atoms with van der Waals surface area (Å²) in [6.45, 7) is 2.56. The molecule has 2 fully saturated rings. The molecule has 2 aromatic rings. The van der Waals surface area contributed by atoms with Gasteiger partial charge in [0.1, 0.15) is 17.5 Å². The van der Waals surface area contributed by atoms with Crippen molar-refractivity contribution in [1.82, 2.24) is 10.9 Å². The molecule has 0 aliphatic carbocycles. The fourth-order valence-corrected chi connectivity index (χ4v) is 3.79. The van der Waals surface area contributed by atoms with E-state index >= 15 is 0 Å². The van der Waals surface area contributed by atoms with Gasteiger partial charge in [-0.2, -0.15) is 0 Å². The van der Waals surface area contributed by atoms with Crippen LogP contribution in [0.2, 0.25) is 0 Å². The van der Waals surface area contributed by atoms with Crippen LogP contribution in [0.25, 0.3) is 0 Å². The second-order valence-corrected chi connectivity index (χ2v) is 7.13. The van der Waals surface area contributed by atoms with Crippen molar-refractivity contribution in [3.63, 3.8) is 0 Å². The molecule has 4 rings (SSSR count). The Morgan fingerprint density at radius 2 is 1.64 bits per heavy atom. The lowest BCUT2D eigenvalue weighted by Gasteiger charge is -2.19. The van der Waals surface area contributed by atoms with Gasteiger partial charge in [0.2, 0.25) is 5.91 Å². The quantitative estimate of drug-likeness (QED) is 0.711. The summed E-state index contributed by atoms with van der Waals surface area (Å²) in [7, 11) is 3.23. The van der Waals surface area contributed by atoms with Crippen molar-refractivity contribution in [1.29, 1.82) is 0 Å². The van der Waals surface area contributed by atoms with Crippen molar-refractivity contribution in [3.05, 3.63) is 48.0 Å². The smallest absolute Gasteiger partial charge is 0.249 e. The van der Waals surface area contributed by atoms with E-state index in [0.717, 1.165) is 30.9 Å². The monoisotopic (exact) mass is 382 g/mol. The predicted molar refractivity (Wildman–Crippen MR) is 109 cm³/mol. The highest BCUT2D eigenvalue weighted by molar-refractivity contribution is 6.01. The number of carbonyl (C=O) groups is 1. The summed E-state index contributed by atoms with van der Waals surface area (Å²) in [6, 6.07) is 13.6. The van der Waals surface area contributed by atoms with E-state index < -0.39 is 0 Å². The molecule has 2 aromatic carbocycles. The molecule has 1 atom stereocenters. The maximum atomic E-state index is 12.9. The zero-order valence-electron chi connectivity index (χ0n) is 16.2. The average Bonchev–Trinajstić information content (AvgIpc) is 3.39. The van der Waals surface area contributed by atoms with Crippen LogP contribution in [0.15, 0.2) is 42.5 Å². The molecule has 3 N–H and O–H groups in total. The Morgan fingerprint density at radius 1 is 1.00 bits per heavy atom. The molecule has 28 heavy (non-hydrogen) atoms. The average molecular weight is 382 g/mol. The third kappa shape index (κ3) is 3.76. The fourth-order valence-electron chi connectivity index (χ4n) is 3.79. The molecule has 2 heterocycles. The number of carbonyl (C=O) groups excluding carboxylic acids is 1. The van der Waals surface area contributed by atoms with Gasteiger partial charge < -0.3 is 19.7 Å². The first-order chi connectivity index (χ1) is 13.7. The SMILES string of the molecule is COc1cc(NC2CCN(c3ccc(C4CNNC4)cc3)C2=O)cc(OC)c1. The van der Waals surface area contributed by atoms with Gasteiger partial charge in [0.05, 0.1) is 14.2 Å². The summed E-state index contributed by atoms with van der Waals surface area (Å²) >= 11 is 0. The molecule has 148 valence electrons. The number of anilines is 2. The number of hydrogen-bond donors (Lipinski definition) is 3. The molecule has 2 saturated heterocycles. The molecule has 0 radical (unpaired) electrons. The Hall–Kier alpha value is -2.77. The Morgan fingerprint density at radius 3 is 2.25 bits per heavy atom. The van der Waals surface area contributed by atoms with E-state index in [-0.39, 0.29) is 11.9 Å². The minimum absolute atomic E-state index is 0.0822. The predicted octanol–water partition coefficient (Wildman–Crippen LogP) is 2.11. The van der Waals surface area contributed by atoms with Gasteiger partial charge >= 0.3 is 0 Å². The maximum Gasteiger partial charge on any atom is 0.249 e. The van der Waals surface area contributed by atoms with E-state index in [4.69, 9.17) is 9.47 Å². The van der Waals surface area contributed by atoms with Crippen molar-refractivity contribution in [3.8, 4) is 11.5 Å². The summed E-state index contributed by atoms with van der Waals surface area (Å²) < 4.78 is 10.6. The molecule has 0 saturated carbocycles. The van der Waals surface area contributed by atoms with Gasteiger partial charge in [0.15, 0.2) is 0 Å². The van der Waals surface area contributed by atoms with Crippen LogP contribution in [0.5, 0.6) is 11.5 Å². The lowest BCUT2D eigenvalue weighted by Crippen LogP contribution is -2.33. The van der Waals surface area contributed by atoms with Gasteiger partial charge in [-0.25, -0.2) is 0 Å². The van der Waals surface area contributed by atoms with Crippen molar-refractivity contribution >= 4 is 17.3 Å². The van der Waals surface area contributed by atoms with E-state index in [0.29, 0.717) is 24.0 Å². The van der Waals surface area contributed by atoms with Gasteiger partial charge in [-0.05, 0) is 24.1 Å². The topological polar surface area (TPSA) is 74.9 Å². The number of hydrogen-bond acceptors (Lipinski definition) is 6. The largest absolute Gasteiger partial charge is 0.497 e. The third-order valence-corrected chi connectivity index (χ3v) is 5.40. The Kier molecular flexibility index (Phi) is 5.36. The number of ether oxygens (including phenoxy) is 2. The number of rotatable bonds is 6. The molecule has 1 unspecified atom stereocenters. The minimum Gasteiger partial charge on any atom is -0.497 e. The molecule has 7 nitrogen and oxygen atoms in total. The number of hydrazine groups is 1. The van der Waals surface area contributed by atoms with Crippen molar-refractivity contribution in [2.24, 2.45) is 0 Å². The van der Waals surface area contributed by atoms with Crippen LogP contribution in [0.3, 0.4) is 0 Å². The summed E-state index contributed by atoms with van der Waals surface area (Å²) in [5.74, 6) is 1.94. The number of nitrogens with zero attached hydrogens (tertiary/aromatic N) is 1. The van der Waals surface area contributed by atoms with Crippen LogP contribution in [0.1, 0.15) is 17.9 Å². The normalized spacial score (nSPS) is 19.9. The highest BCUT2D eigenvalue weighted by Crippen LogP contribution is 2.29. The van der Waals surface area contributed by atoms with Gasteiger partial charge in [0.25, 0.3) is 0 Å². The number of benzene rings is 2. The van der Waals surface area contributed by atoms with Crippen molar-refractivity contribution in [2.45, 2.75) is 18.4 Å². The van der Waals surface area contributed by atoms with Gasteiger partial charge in [-0.15, -0.1) is 0 Å². The Bertz CT molecular complexity index is 812. The maximum absolute atomic E-state index is 12.9. The summed E-state index contributed by atoms with van der Waals surface area (Å²) in [4.78, 5) is 14.8. The van der Waals surface area contributed by atoms with Crippen LogP contribution in [-0.2, 0) is 4.79 Å². The van der Waals surface area contributed by atoms with Crippen LogP contribution >= 0.6 is 0 Å². The van der Waals surface area contributed by atoms with E-state index in [2.05, 4.69) is 28.3 Å². The van der Waals surface area contributed by atoms with E-state index in [9.17, 15) is 4.79 Å². The lowest BCUT2D eigenvalue weighted by molar-refractivity contribution is -0.117. The van der Waals surface area contributed by atoms with E-state index in [1.165, 1.54) is 5.56 Å². The second-order valence-electron chi connectivity index (χ2n) is 7.13. The number of nitrogens with one attached hydrogen (secondary N) is 3. The summed E-state index contributed by atoms with van der Waals surface area (Å²) in [5, 5.41) is 3.33. The highest BCUT2D eigenvalue weighted by atomic mass is 16.5. The van der Waals surface area contributed by atoms with E-state index in [1.807, 2.05) is 35.2 Å². The zero-order valence-corrected chi connectivity index (χ0v) is 16.2. The summed E-state index contributed by atoms with van der Waals surface area (Å²) in [5.41, 5.74) is 9.35. The number of amides is 1. The Labute approximate surface area is 165 Å². The van der Waals surface area contributed by atoms with Crippen LogP contribution in [-0.4, -0.2) is 45.8 Å². The van der Waals surface area contributed by atoms with Gasteiger partial charge in [0, 0.05) is 55.1 Å². The molecule has 1 amide bonds. The van der Waals surface area contributed by atoms with Crippen LogP contribution in [0, 0.1) is 0 Å². The molecule has 0 aromatic heterocycles. The third-order valence-electron chi connectivity index (χ3n) is 5.40. The zero-order chi connectivity index (χ0) is 19.5. The molecule has 0 bridgehead atoms. The molecule has 2 aliphatic heterocycles.